The fraction of sp³-hybridized carbons (Fsp3) is 0.400. The Morgan fingerprint density at radius 1 is 1.47 bits per heavy atom. The molecule has 7 heteroatoms. The van der Waals surface area contributed by atoms with E-state index in [2.05, 4.69) is 4.98 Å². The van der Waals surface area contributed by atoms with Gasteiger partial charge in [-0.05, 0) is 18.9 Å². The second-order valence-electron chi connectivity index (χ2n) is 3.66. The largest absolute Gasteiger partial charge is 0.487 e. The number of halogens is 3. The first-order valence-corrected chi connectivity index (χ1v) is 4.85. The summed E-state index contributed by atoms with van der Waals surface area (Å²) < 4.78 is 42.9. The lowest BCUT2D eigenvalue weighted by molar-refractivity contribution is -0.142. The number of aromatic carboxylic acids is 1. The van der Waals surface area contributed by atoms with E-state index in [4.69, 9.17) is 9.84 Å². The molecule has 1 aliphatic carbocycles. The summed E-state index contributed by atoms with van der Waals surface area (Å²) in [6, 6.07) is 0.995. The molecule has 0 radical (unpaired) electrons. The van der Waals surface area contributed by atoms with E-state index in [0.29, 0.717) is 12.8 Å². The minimum Gasteiger partial charge on any atom is -0.487 e. The fourth-order valence-electron chi connectivity index (χ4n) is 1.29. The number of carbonyl (C=O) groups is 1. The zero-order valence-corrected chi connectivity index (χ0v) is 8.49. The molecular formula is C10H8F3NO3. The van der Waals surface area contributed by atoms with E-state index in [0.717, 1.165) is 12.3 Å². The minimum atomic E-state index is -4.73. The van der Waals surface area contributed by atoms with E-state index < -0.39 is 29.2 Å². The van der Waals surface area contributed by atoms with E-state index in [9.17, 15) is 18.0 Å². The van der Waals surface area contributed by atoms with Crippen LogP contribution in [0.2, 0.25) is 0 Å². The average Bonchev–Trinajstić information content (AvgIpc) is 3.00. The molecule has 1 aliphatic rings. The Bertz CT molecular complexity index is 455. The molecule has 0 aliphatic heterocycles. The molecule has 17 heavy (non-hydrogen) atoms. The first kappa shape index (κ1) is 11.7. The topological polar surface area (TPSA) is 59.4 Å². The van der Waals surface area contributed by atoms with Crippen LogP contribution in [-0.4, -0.2) is 22.2 Å². The fourth-order valence-corrected chi connectivity index (χ4v) is 1.29. The van der Waals surface area contributed by atoms with Gasteiger partial charge in [0.1, 0.15) is 5.56 Å². The Hall–Kier alpha value is -1.79. The molecule has 0 unspecified atom stereocenters. The normalized spacial score (nSPS) is 15.7. The standard InChI is InChI=1S/C10H8F3NO3/c11-10(12,13)8-7(17-5-1-2-5)6(9(15)16)3-4-14-8/h3-5H,1-2H2,(H,15,16). The van der Waals surface area contributed by atoms with Crippen LogP contribution in [-0.2, 0) is 6.18 Å². The van der Waals surface area contributed by atoms with Crippen molar-refractivity contribution < 1.29 is 27.8 Å². The molecule has 1 fully saturated rings. The summed E-state index contributed by atoms with van der Waals surface area (Å²) >= 11 is 0. The Morgan fingerprint density at radius 2 is 2.12 bits per heavy atom. The highest BCUT2D eigenvalue weighted by molar-refractivity contribution is 5.91. The van der Waals surface area contributed by atoms with Gasteiger partial charge in [0.05, 0.1) is 6.10 Å². The highest BCUT2D eigenvalue weighted by atomic mass is 19.4. The van der Waals surface area contributed by atoms with E-state index >= 15 is 0 Å². The number of nitrogens with zero attached hydrogens (tertiary/aromatic N) is 1. The van der Waals surface area contributed by atoms with Gasteiger partial charge in [0.15, 0.2) is 11.4 Å². The van der Waals surface area contributed by atoms with Gasteiger partial charge in [-0.3, -0.25) is 0 Å². The number of aromatic nitrogens is 1. The number of carboxylic acid groups (broad SMARTS) is 1. The second-order valence-corrected chi connectivity index (χ2v) is 3.66. The van der Waals surface area contributed by atoms with Gasteiger partial charge in [-0.25, -0.2) is 9.78 Å². The highest BCUT2D eigenvalue weighted by Crippen LogP contribution is 2.39. The van der Waals surface area contributed by atoms with Crippen molar-refractivity contribution in [2.45, 2.75) is 25.1 Å². The Morgan fingerprint density at radius 3 is 2.59 bits per heavy atom. The van der Waals surface area contributed by atoms with Gasteiger partial charge >= 0.3 is 12.1 Å². The van der Waals surface area contributed by atoms with Crippen molar-refractivity contribution in [1.29, 1.82) is 0 Å². The minimum absolute atomic E-state index is 0.335. The summed E-state index contributed by atoms with van der Waals surface area (Å²) in [7, 11) is 0. The van der Waals surface area contributed by atoms with Crippen molar-refractivity contribution in [2.24, 2.45) is 0 Å². The molecule has 92 valence electrons. The first-order chi connectivity index (χ1) is 7.89. The predicted octanol–water partition coefficient (Wildman–Crippen LogP) is 2.34. The number of pyridine rings is 1. The molecule has 0 amide bonds. The third-order valence-electron chi connectivity index (χ3n) is 2.21. The third-order valence-corrected chi connectivity index (χ3v) is 2.21. The second kappa shape index (κ2) is 3.90. The maximum Gasteiger partial charge on any atom is 0.437 e. The molecule has 1 N–H and O–H groups in total. The van der Waals surface area contributed by atoms with E-state index in [1.807, 2.05) is 0 Å². The van der Waals surface area contributed by atoms with E-state index in [1.54, 1.807) is 0 Å². The van der Waals surface area contributed by atoms with Crippen LogP contribution in [0.5, 0.6) is 5.75 Å². The Balaban J connectivity index is 2.49. The van der Waals surface area contributed by atoms with Crippen molar-refractivity contribution in [3.05, 3.63) is 23.5 Å². The van der Waals surface area contributed by atoms with Gasteiger partial charge in [-0.15, -0.1) is 0 Å². The Kier molecular flexibility index (Phi) is 2.68. The zero-order valence-electron chi connectivity index (χ0n) is 8.49. The average molecular weight is 247 g/mol. The van der Waals surface area contributed by atoms with Crippen molar-refractivity contribution in [1.82, 2.24) is 4.98 Å². The lowest BCUT2D eigenvalue weighted by atomic mass is 10.2. The van der Waals surface area contributed by atoms with Crippen LogP contribution in [0.4, 0.5) is 13.2 Å². The summed E-state index contributed by atoms with van der Waals surface area (Å²) in [6.07, 6.45) is -2.99. The highest BCUT2D eigenvalue weighted by Gasteiger charge is 2.40. The number of hydrogen-bond donors (Lipinski definition) is 1. The zero-order chi connectivity index (χ0) is 12.6. The monoisotopic (exact) mass is 247 g/mol. The third kappa shape index (κ3) is 2.48. The van der Waals surface area contributed by atoms with Gasteiger partial charge in [-0.1, -0.05) is 0 Å². The Labute approximate surface area is 94.0 Å². The van der Waals surface area contributed by atoms with Crippen LogP contribution in [0.25, 0.3) is 0 Å². The molecule has 0 aromatic carbocycles. The molecule has 0 bridgehead atoms. The van der Waals surface area contributed by atoms with E-state index in [1.165, 1.54) is 0 Å². The molecule has 0 spiro atoms. The number of carboxylic acids is 1. The lowest BCUT2D eigenvalue weighted by Gasteiger charge is -2.14. The van der Waals surface area contributed by atoms with Crippen molar-refractivity contribution >= 4 is 5.97 Å². The van der Waals surface area contributed by atoms with Gasteiger partial charge in [0, 0.05) is 6.20 Å². The maximum atomic E-state index is 12.6. The lowest BCUT2D eigenvalue weighted by Crippen LogP contribution is -2.15. The van der Waals surface area contributed by atoms with Crippen LogP contribution >= 0.6 is 0 Å². The van der Waals surface area contributed by atoms with Gasteiger partial charge in [0.25, 0.3) is 0 Å². The number of alkyl halides is 3. The molecule has 0 saturated heterocycles. The van der Waals surface area contributed by atoms with Crippen LogP contribution in [0.1, 0.15) is 28.9 Å². The summed E-state index contributed by atoms with van der Waals surface area (Å²) in [6.45, 7) is 0. The van der Waals surface area contributed by atoms with Crippen molar-refractivity contribution in [3.8, 4) is 5.75 Å². The van der Waals surface area contributed by atoms with Crippen LogP contribution < -0.4 is 4.74 Å². The first-order valence-electron chi connectivity index (χ1n) is 4.85. The molecule has 2 rings (SSSR count). The smallest absolute Gasteiger partial charge is 0.437 e. The predicted molar refractivity (Wildman–Crippen MR) is 49.8 cm³/mol. The number of rotatable bonds is 3. The van der Waals surface area contributed by atoms with E-state index in [-0.39, 0.29) is 6.10 Å². The summed E-state index contributed by atoms with van der Waals surface area (Å²) in [5.74, 6) is -2.15. The molecule has 1 heterocycles. The molecular weight excluding hydrogens is 239 g/mol. The summed E-state index contributed by atoms with van der Waals surface area (Å²) in [4.78, 5) is 14.0. The van der Waals surface area contributed by atoms with Gasteiger partial charge < -0.3 is 9.84 Å². The van der Waals surface area contributed by atoms with Crippen LogP contribution in [0.15, 0.2) is 12.3 Å². The molecule has 1 saturated carbocycles. The van der Waals surface area contributed by atoms with Crippen LogP contribution in [0.3, 0.4) is 0 Å². The molecule has 1 aromatic rings. The van der Waals surface area contributed by atoms with Crippen LogP contribution in [0, 0.1) is 0 Å². The molecule has 1 aromatic heterocycles. The number of hydrogen-bond acceptors (Lipinski definition) is 3. The van der Waals surface area contributed by atoms with Crippen molar-refractivity contribution in [3.63, 3.8) is 0 Å². The summed E-state index contributed by atoms with van der Waals surface area (Å²) in [5.41, 5.74) is -1.80. The molecule has 0 atom stereocenters. The van der Waals surface area contributed by atoms with Crippen molar-refractivity contribution in [2.75, 3.05) is 0 Å². The SMILES string of the molecule is O=C(O)c1ccnc(C(F)(F)F)c1OC1CC1. The van der Waals surface area contributed by atoms with Gasteiger partial charge in [0.2, 0.25) is 0 Å². The molecule has 4 nitrogen and oxygen atoms in total. The summed E-state index contributed by atoms with van der Waals surface area (Å²) in [5, 5.41) is 8.81. The maximum absolute atomic E-state index is 12.6. The quantitative estimate of drug-likeness (QED) is 0.890. The number of ether oxygens (including phenoxy) is 1. The van der Waals surface area contributed by atoms with Gasteiger partial charge in [-0.2, -0.15) is 13.2 Å².